The van der Waals surface area contributed by atoms with Gasteiger partial charge in [-0.3, -0.25) is 0 Å². The Balaban J connectivity index is 2.28. The number of hydrogen-bond donors (Lipinski definition) is 1. The van der Waals surface area contributed by atoms with Crippen molar-refractivity contribution < 1.29 is 5.11 Å². The largest absolute Gasteiger partial charge is 0.391 e. The first-order valence-corrected chi connectivity index (χ1v) is 5.07. The molecular weight excluding hydrogens is 198 g/mol. The number of benzene rings is 1. The summed E-state index contributed by atoms with van der Waals surface area (Å²) in [4.78, 5) is 0. The molecule has 2 heterocycles. The van der Waals surface area contributed by atoms with Crippen molar-refractivity contribution in [2.45, 2.75) is 19.1 Å². The Morgan fingerprint density at radius 3 is 3.07 bits per heavy atom. The predicted octanol–water partition coefficient (Wildman–Crippen LogP) is 2.21. The van der Waals surface area contributed by atoms with Gasteiger partial charge in [0.2, 0.25) is 0 Å². The van der Waals surface area contributed by atoms with Crippen molar-refractivity contribution >= 4 is 22.5 Å². The lowest BCUT2D eigenvalue weighted by Gasteiger charge is -2.01. The Morgan fingerprint density at radius 1 is 1.36 bits per heavy atom. The second-order valence-corrected chi connectivity index (χ2v) is 4.24. The van der Waals surface area contributed by atoms with Gasteiger partial charge in [0.25, 0.3) is 0 Å². The molecule has 0 fully saturated rings. The van der Waals surface area contributed by atoms with Crippen molar-refractivity contribution in [3.05, 3.63) is 35.0 Å². The van der Waals surface area contributed by atoms with E-state index in [9.17, 15) is 5.11 Å². The highest BCUT2D eigenvalue weighted by atomic mass is 35.5. The van der Waals surface area contributed by atoms with E-state index in [-0.39, 0.29) is 6.10 Å². The molecule has 0 spiro atoms. The lowest BCUT2D eigenvalue weighted by Crippen LogP contribution is -2.06. The van der Waals surface area contributed by atoms with E-state index >= 15 is 0 Å². The Bertz CT molecular complexity index is 503. The second kappa shape index (κ2) is 2.75. The van der Waals surface area contributed by atoms with Crippen molar-refractivity contribution in [3.63, 3.8) is 0 Å². The molecule has 1 aromatic heterocycles. The minimum absolute atomic E-state index is 0.218. The third-order valence-electron chi connectivity index (χ3n) is 2.79. The molecule has 0 radical (unpaired) electrons. The van der Waals surface area contributed by atoms with Crippen LogP contribution in [-0.2, 0) is 13.0 Å². The Kier molecular flexibility index (Phi) is 1.64. The molecule has 14 heavy (non-hydrogen) atoms. The molecule has 1 aromatic carbocycles. The molecule has 0 bridgehead atoms. The smallest absolute Gasteiger partial charge is 0.0773 e. The lowest BCUT2D eigenvalue weighted by molar-refractivity contribution is 0.176. The molecule has 1 unspecified atom stereocenters. The summed E-state index contributed by atoms with van der Waals surface area (Å²) < 4.78 is 2.16. The maximum Gasteiger partial charge on any atom is 0.0773 e. The molecule has 0 amide bonds. The Labute approximate surface area is 86.7 Å². The van der Waals surface area contributed by atoms with E-state index < -0.39 is 0 Å². The van der Waals surface area contributed by atoms with Crippen LogP contribution < -0.4 is 0 Å². The number of halogens is 1. The fraction of sp³-hybridized carbons (Fsp3) is 0.273. The Hall–Kier alpha value is -0.990. The van der Waals surface area contributed by atoms with Gasteiger partial charge in [-0.05, 0) is 24.3 Å². The highest BCUT2D eigenvalue weighted by Gasteiger charge is 2.21. The van der Waals surface area contributed by atoms with Crippen LogP contribution in [0.4, 0.5) is 0 Å². The molecular formula is C11H10ClNO. The fourth-order valence-electron chi connectivity index (χ4n) is 2.20. The molecule has 1 atom stereocenters. The van der Waals surface area contributed by atoms with Crippen LogP contribution in [0.2, 0.25) is 5.02 Å². The summed E-state index contributed by atoms with van der Waals surface area (Å²) in [5.74, 6) is 0. The SMILES string of the molecule is OC1Cc2cc3cc(Cl)ccc3n2C1. The molecule has 0 aliphatic carbocycles. The summed E-state index contributed by atoms with van der Waals surface area (Å²) in [6.07, 6.45) is 0.539. The number of aliphatic hydroxyl groups is 1. The van der Waals surface area contributed by atoms with Crippen LogP contribution in [0, 0.1) is 0 Å². The van der Waals surface area contributed by atoms with E-state index in [1.165, 1.54) is 16.6 Å². The molecule has 72 valence electrons. The number of aliphatic hydroxyl groups excluding tert-OH is 1. The van der Waals surface area contributed by atoms with Crippen LogP contribution >= 0.6 is 11.6 Å². The van der Waals surface area contributed by atoms with Gasteiger partial charge in [0.05, 0.1) is 6.10 Å². The molecule has 3 heteroatoms. The first kappa shape index (κ1) is 8.33. The van der Waals surface area contributed by atoms with Gasteiger partial charge in [-0.15, -0.1) is 0 Å². The van der Waals surface area contributed by atoms with Gasteiger partial charge in [0, 0.05) is 34.6 Å². The molecule has 1 aliphatic heterocycles. The Morgan fingerprint density at radius 2 is 2.21 bits per heavy atom. The van der Waals surface area contributed by atoms with Gasteiger partial charge in [-0.1, -0.05) is 11.6 Å². The van der Waals surface area contributed by atoms with Crippen LogP contribution in [0.15, 0.2) is 24.3 Å². The van der Waals surface area contributed by atoms with Crippen molar-refractivity contribution in [2.24, 2.45) is 0 Å². The number of nitrogens with zero attached hydrogens (tertiary/aromatic N) is 1. The predicted molar refractivity (Wildman–Crippen MR) is 56.7 cm³/mol. The summed E-state index contributed by atoms with van der Waals surface area (Å²) in [7, 11) is 0. The average molecular weight is 208 g/mol. The van der Waals surface area contributed by atoms with E-state index in [2.05, 4.69) is 10.6 Å². The van der Waals surface area contributed by atoms with Gasteiger partial charge in [-0.25, -0.2) is 0 Å². The van der Waals surface area contributed by atoms with E-state index in [1.54, 1.807) is 0 Å². The van der Waals surface area contributed by atoms with Gasteiger partial charge < -0.3 is 9.67 Å². The van der Waals surface area contributed by atoms with Crippen molar-refractivity contribution in [1.29, 1.82) is 0 Å². The van der Waals surface area contributed by atoms with Crippen LogP contribution in [-0.4, -0.2) is 15.8 Å². The number of hydrogen-bond acceptors (Lipinski definition) is 1. The molecule has 1 N–H and O–H groups in total. The minimum Gasteiger partial charge on any atom is -0.391 e. The lowest BCUT2D eigenvalue weighted by atomic mass is 10.2. The first-order valence-electron chi connectivity index (χ1n) is 4.70. The number of aromatic nitrogens is 1. The quantitative estimate of drug-likeness (QED) is 0.704. The maximum atomic E-state index is 9.51. The van der Waals surface area contributed by atoms with Crippen LogP contribution in [0.1, 0.15) is 5.69 Å². The summed E-state index contributed by atoms with van der Waals surface area (Å²) in [5.41, 5.74) is 2.37. The van der Waals surface area contributed by atoms with Crippen LogP contribution in [0.3, 0.4) is 0 Å². The van der Waals surface area contributed by atoms with Crippen molar-refractivity contribution in [3.8, 4) is 0 Å². The normalized spacial score (nSPS) is 20.3. The second-order valence-electron chi connectivity index (χ2n) is 3.81. The minimum atomic E-state index is -0.218. The first-order chi connectivity index (χ1) is 6.74. The van der Waals surface area contributed by atoms with E-state index in [0.717, 1.165) is 11.4 Å². The monoisotopic (exact) mass is 207 g/mol. The van der Waals surface area contributed by atoms with Crippen LogP contribution in [0.5, 0.6) is 0 Å². The van der Waals surface area contributed by atoms with Gasteiger partial charge in [0.1, 0.15) is 0 Å². The number of fused-ring (bicyclic) bond motifs is 3. The standard InChI is InChI=1S/C11H10ClNO/c12-8-1-2-11-7(3-8)4-9-5-10(14)6-13(9)11/h1-4,10,14H,5-6H2. The summed E-state index contributed by atoms with van der Waals surface area (Å²) in [6, 6.07) is 7.98. The fourth-order valence-corrected chi connectivity index (χ4v) is 2.38. The molecule has 3 rings (SSSR count). The molecule has 1 aliphatic rings. The highest BCUT2D eigenvalue weighted by Crippen LogP contribution is 2.27. The van der Waals surface area contributed by atoms with Crippen LogP contribution in [0.25, 0.3) is 10.9 Å². The van der Waals surface area contributed by atoms with E-state index in [4.69, 9.17) is 11.6 Å². The molecule has 0 saturated carbocycles. The number of rotatable bonds is 0. The third kappa shape index (κ3) is 1.08. The maximum absolute atomic E-state index is 9.51. The van der Waals surface area contributed by atoms with E-state index in [1.807, 2.05) is 18.2 Å². The molecule has 2 nitrogen and oxygen atoms in total. The zero-order chi connectivity index (χ0) is 9.71. The summed E-state index contributed by atoms with van der Waals surface area (Å²) >= 11 is 5.91. The van der Waals surface area contributed by atoms with Gasteiger partial charge >= 0.3 is 0 Å². The van der Waals surface area contributed by atoms with Gasteiger partial charge in [-0.2, -0.15) is 0 Å². The molecule has 2 aromatic rings. The zero-order valence-corrected chi connectivity index (χ0v) is 8.33. The van der Waals surface area contributed by atoms with Crippen molar-refractivity contribution in [2.75, 3.05) is 0 Å². The van der Waals surface area contributed by atoms with Gasteiger partial charge in [0.15, 0.2) is 0 Å². The molecule has 0 saturated heterocycles. The van der Waals surface area contributed by atoms with Crippen molar-refractivity contribution in [1.82, 2.24) is 4.57 Å². The average Bonchev–Trinajstić information content (AvgIpc) is 2.59. The summed E-state index contributed by atoms with van der Waals surface area (Å²) in [5, 5.41) is 11.4. The highest BCUT2D eigenvalue weighted by molar-refractivity contribution is 6.31. The summed E-state index contributed by atoms with van der Waals surface area (Å²) in [6.45, 7) is 0.709. The third-order valence-corrected chi connectivity index (χ3v) is 3.02. The zero-order valence-electron chi connectivity index (χ0n) is 7.57. The van der Waals surface area contributed by atoms with E-state index in [0.29, 0.717) is 6.54 Å². The topological polar surface area (TPSA) is 25.2 Å².